The van der Waals surface area contributed by atoms with E-state index in [4.69, 9.17) is 9.47 Å². The van der Waals surface area contributed by atoms with Crippen molar-refractivity contribution < 1.29 is 14.6 Å². The van der Waals surface area contributed by atoms with Gasteiger partial charge in [0, 0.05) is 19.1 Å². The van der Waals surface area contributed by atoms with Gasteiger partial charge >= 0.3 is 0 Å². The number of aliphatic hydroxyl groups is 1. The highest BCUT2D eigenvalue weighted by Crippen LogP contribution is 2.15. The third-order valence-electron chi connectivity index (χ3n) is 3.83. The van der Waals surface area contributed by atoms with Gasteiger partial charge in [0.15, 0.2) is 0 Å². The molecule has 0 spiro atoms. The fraction of sp³-hybridized carbons (Fsp3) is 0.667. The quantitative estimate of drug-likeness (QED) is 0.721. The highest BCUT2D eigenvalue weighted by Gasteiger charge is 2.17. The summed E-state index contributed by atoms with van der Waals surface area (Å²) in [4.78, 5) is 2.30. The van der Waals surface area contributed by atoms with E-state index in [0.717, 1.165) is 18.7 Å². The van der Waals surface area contributed by atoms with Crippen LogP contribution >= 0.6 is 0 Å². The standard InChI is InChI=1S/C18H31NO3/c1-6-15(4)19(12-17(20)13-22-14(2)3)11-16-7-9-18(21-5)10-8-16/h7-10,14-15,17,20H,6,11-13H2,1-5H3/t15-,17-/m0/s1. The molecule has 0 unspecified atom stereocenters. The summed E-state index contributed by atoms with van der Waals surface area (Å²) in [6, 6.07) is 8.51. The topological polar surface area (TPSA) is 41.9 Å². The van der Waals surface area contributed by atoms with Gasteiger partial charge in [-0.1, -0.05) is 19.1 Å². The molecule has 1 aromatic carbocycles. The third-order valence-corrected chi connectivity index (χ3v) is 3.83. The zero-order chi connectivity index (χ0) is 16.5. The molecule has 0 heterocycles. The van der Waals surface area contributed by atoms with Crippen molar-refractivity contribution in [1.29, 1.82) is 0 Å². The largest absolute Gasteiger partial charge is 0.497 e. The lowest BCUT2D eigenvalue weighted by Gasteiger charge is -2.30. The van der Waals surface area contributed by atoms with Crippen LogP contribution in [0.5, 0.6) is 5.75 Å². The smallest absolute Gasteiger partial charge is 0.118 e. The van der Waals surface area contributed by atoms with E-state index in [1.165, 1.54) is 5.56 Å². The van der Waals surface area contributed by atoms with Crippen molar-refractivity contribution in [3.63, 3.8) is 0 Å². The van der Waals surface area contributed by atoms with Crippen molar-refractivity contribution >= 4 is 0 Å². The molecule has 0 amide bonds. The Morgan fingerprint density at radius 1 is 1.14 bits per heavy atom. The second-order valence-electron chi connectivity index (χ2n) is 6.07. The molecule has 0 aliphatic heterocycles. The lowest BCUT2D eigenvalue weighted by molar-refractivity contribution is -0.0149. The van der Waals surface area contributed by atoms with E-state index in [-0.39, 0.29) is 6.10 Å². The lowest BCUT2D eigenvalue weighted by Crippen LogP contribution is -2.40. The van der Waals surface area contributed by atoms with Crippen molar-refractivity contribution in [1.82, 2.24) is 4.90 Å². The van der Waals surface area contributed by atoms with E-state index >= 15 is 0 Å². The summed E-state index contributed by atoms with van der Waals surface area (Å²) in [5.41, 5.74) is 1.22. The van der Waals surface area contributed by atoms with E-state index in [0.29, 0.717) is 19.2 Å². The van der Waals surface area contributed by atoms with Crippen molar-refractivity contribution in [3.8, 4) is 5.75 Å². The van der Waals surface area contributed by atoms with E-state index in [1.54, 1.807) is 7.11 Å². The van der Waals surface area contributed by atoms with Crippen LogP contribution in [0.1, 0.15) is 39.7 Å². The second kappa shape index (κ2) is 9.82. The molecule has 22 heavy (non-hydrogen) atoms. The minimum atomic E-state index is -0.463. The fourth-order valence-corrected chi connectivity index (χ4v) is 2.25. The molecule has 2 atom stereocenters. The zero-order valence-electron chi connectivity index (χ0n) is 14.6. The SMILES string of the molecule is CC[C@H](C)N(Cc1ccc(OC)cc1)C[C@H](O)COC(C)C. The first-order valence-corrected chi connectivity index (χ1v) is 8.12. The van der Waals surface area contributed by atoms with Crippen LogP contribution in [0.25, 0.3) is 0 Å². The van der Waals surface area contributed by atoms with Crippen molar-refractivity contribution in [2.24, 2.45) is 0 Å². The fourth-order valence-electron chi connectivity index (χ4n) is 2.25. The Kier molecular flexibility index (Phi) is 8.46. The first-order chi connectivity index (χ1) is 10.5. The molecule has 126 valence electrons. The van der Waals surface area contributed by atoms with Crippen molar-refractivity contribution in [2.45, 2.75) is 58.9 Å². The van der Waals surface area contributed by atoms with Gasteiger partial charge in [0.05, 0.1) is 25.9 Å². The van der Waals surface area contributed by atoms with Gasteiger partial charge in [-0.25, -0.2) is 0 Å². The maximum Gasteiger partial charge on any atom is 0.118 e. The number of hydrogen-bond donors (Lipinski definition) is 1. The molecule has 0 saturated heterocycles. The minimum absolute atomic E-state index is 0.147. The van der Waals surface area contributed by atoms with Gasteiger partial charge in [-0.15, -0.1) is 0 Å². The molecule has 1 rings (SSSR count). The predicted octanol–water partition coefficient (Wildman–Crippen LogP) is 3.08. The summed E-state index contributed by atoms with van der Waals surface area (Å²) in [5.74, 6) is 0.865. The van der Waals surface area contributed by atoms with E-state index in [9.17, 15) is 5.11 Å². The number of methoxy groups -OCH3 is 1. The minimum Gasteiger partial charge on any atom is -0.497 e. The highest BCUT2D eigenvalue weighted by molar-refractivity contribution is 5.27. The third kappa shape index (κ3) is 6.77. The van der Waals surface area contributed by atoms with Gasteiger partial charge in [0.2, 0.25) is 0 Å². The van der Waals surface area contributed by atoms with Gasteiger partial charge in [-0.05, 0) is 44.9 Å². The Bertz CT molecular complexity index is 405. The molecule has 0 radical (unpaired) electrons. The number of hydrogen-bond acceptors (Lipinski definition) is 4. The average Bonchev–Trinajstić information content (AvgIpc) is 2.52. The maximum absolute atomic E-state index is 10.2. The van der Waals surface area contributed by atoms with Crippen molar-refractivity contribution in [2.75, 3.05) is 20.3 Å². The molecule has 0 aliphatic rings. The van der Waals surface area contributed by atoms with Crippen LogP contribution in [-0.4, -0.2) is 48.5 Å². The maximum atomic E-state index is 10.2. The second-order valence-corrected chi connectivity index (χ2v) is 6.07. The number of ether oxygens (including phenoxy) is 2. The molecule has 0 fully saturated rings. The summed E-state index contributed by atoms with van der Waals surface area (Å²) in [5, 5.41) is 10.2. The molecular formula is C18H31NO3. The van der Waals surface area contributed by atoms with Crippen LogP contribution in [0.4, 0.5) is 0 Å². The number of benzene rings is 1. The summed E-state index contributed by atoms with van der Waals surface area (Å²) in [6.45, 7) is 10.1. The first-order valence-electron chi connectivity index (χ1n) is 8.12. The molecule has 4 heteroatoms. The first kappa shape index (κ1) is 18.9. The Hall–Kier alpha value is -1.10. The molecule has 0 aliphatic carbocycles. The summed E-state index contributed by atoms with van der Waals surface area (Å²) >= 11 is 0. The molecule has 0 aromatic heterocycles. The highest BCUT2D eigenvalue weighted by atomic mass is 16.5. The predicted molar refractivity (Wildman–Crippen MR) is 90.3 cm³/mol. The van der Waals surface area contributed by atoms with Crippen molar-refractivity contribution in [3.05, 3.63) is 29.8 Å². The summed E-state index contributed by atoms with van der Waals surface area (Å²) in [6.07, 6.45) is 0.733. The number of rotatable bonds is 10. The van der Waals surface area contributed by atoms with Crippen LogP contribution in [0, 0.1) is 0 Å². The Labute approximate surface area is 135 Å². The van der Waals surface area contributed by atoms with Gasteiger partial charge in [-0.2, -0.15) is 0 Å². The lowest BCUT2D eigenvalue weighted by atomic mass is 10.1. The van der Waals surface area contributed by atoms with Crippen LogP contribution in [0.2, 0.25) is 0 Å². The summed E-state index contributed by atoms with van der Waals surface area (Å²) < 4.78 is 10.7. The molecule has 0 bridgehead atoms. The Morgan fingerprint density at radius 2 is 1.77 bits per heavy atom. The van der Waals surface area contributed by atoms with Crippen LogP contribution < -0.4 is 4.74 Å². The molecule has 4 nitrogen and oxygen atoms in total. The zero-order valence-corrected chi connectivity index (χ0v) is 14.6. The Morgan fingerprint density at radius 3 is 2.27 bits per heavy atom. The molecule has 1 N–H and O–H groups in total. The van der Waals surface area contributed by atoms with Crippen LogP contribution in [-0.2, 0) is 11.3 Å². The van der Waals surface area contributed by atoms with Gasteiger partial charge in [0.1, 0.15) is 5.75 Å². The summed E-state index contributed by atoms with van der Waals surface area (Å²) in [7, 11) is 1.67. The van der Waals surface area contributed by atoms with Gasteiger partial charge in [-0.3, -0.25) is 4.90 Å². The van der Waals surface area contributed by atoms with E-state index < -0.39 is 6.10 Å². The molecule has 1 aromatic rings. The molecular weight excluding hydrogens is 278 g/mol. The molecule has 0 saturated carbocycles. The van der Waals surface area contributed by atoms with Crippen LogP contribution in [0.15, 0.2) is 24.3 Å². The van der Waals surface area contributed by atoms with Gasteiger partial charge in [0.25, 0.3) is 0 Å². The number of nitrogens with zero attached hydrogens (tertiary/aromatic N) is 1. The van der Waals surface area contributed by atoms with Crippen LogP contribution in [0.3, 0.4) is 0 Å². The average molecular weight is 309 g/mol. The van der Waals surface area contributed by atoms with E-state index in [1.807, 2.05) is 26.0 Å². The van der Waals surface area contributed by atoms with Gasteiger partial charge < -0.3 is 14.6 Å². The normalized spacial score (nSPS) is 14.4. The van der Waals surface area contributed by atoms with E-state index in [2.05, 4.69) is 30.9 Å². The Balaban J connectivity index is 2.63. The number of aliphatic hydroxyl groups excluding tert-OH is 1. The monoisotopic (exact) mass is 309 g/mol.